The van der Waals surface area contributed by atoms with Gasteiger partial charge in [-0.2, -0.15) is 8.78 Å². The standard InChI is InChI=1S/C13H17F2NO/c1-7-4-5-8(6-9(7)17-12(14)15)10-11(16)13(10,2)3/h4-6,10-12H,16H2,1-3H3/t10-,11-/m1/s1. The number of benzene rings is 1. The van der Waals surface area contributed by atoms with E-state index in [0.29, 0.717) is 5.56 Å². The lowest BCUT2D eigenvalue weighted by Gasteiger charge is -2.10. The molecular formula is C13H17F2NO. The number of nitrogens with two attached hydrogens (primary N) is 1. The van der Waals surface area contributed by atoms with Crippen molar-refractivity contribution in [1.82, 2.24) is 0 Å². The summed E-state index contributed by atoms with van der Waals surface area (Å²) in [6, 6.07) is 5.51. The molecule has 1 aliphatic carbocycles. The zero-order valence-corrected chi connectivity index (χ0v) is 10.2. The quantitative estimate of drug-likeness (QED) is 0.882. The van der Waals surface area contributed by atoms with Crippen LogP contribution in [-0.4, -0.2) is 12.7 Å². The predicted octanol–water partition coefficient (Wildman–Crippen LogP) is 3.05. The Hall–Kier alpha value is -1.16. The Morgan fingerprint density at radius 2 is 1.94 bits per heavy atom. The first kappa shape index (κ1) is 12.3. The van der Waals surface area contributed by atoms with Crippen LogP contribution in [-0.2, 0) is 0 Å². The Morgan fingerprint density at radius 1 is 1.35 bits per heavy atom. The van der Waals surface area contributed by atoms with Crippen molar-refractivity contribution in [2.24, 2.45) is 11.1 Å². The summed E-state index contributed by atoms with van der Waals surface area (Å²) in [5.74, 6) is 0.468. The van der Waals surface area contributed by atoms with Crippen molar-refractivity contribution >= 4 is 0 Å². The number of alkyl halides is 2. The topological polar surface area (TPSA) is 35.2 Å². The van der Waals surface area contributed by atoms with Crippen LogP contribution in [0.2, 0.25) is 0 Å². The highest BCUT2D eigenvalue weighted by atomic mass is 19.3. The van der Waals surface area contributed by atoms with E-state index in [9.17, 15) is 8.78 Å². The number of hydrogen-bond acceptors (Lipinski definition) is 2. The molecule has 0 radical (unpaired) electrons. The highest BCUT2D eigenvalue weighted by Gasteiger charge is 2.56. The van der Waals surface area contributed by atoms with Gasteiger partial charge in [-0.25, -0.2) is 0 Å². The summed E-state index contributed by atoms with van der Waals surface area (Å²) < 4.78 is 29.0. The van der Waals surface area contributed by atoms with E-state index in [2.05, 4.69) is 18.6 Å². The number of ether oxygens (including phenoxy) is 1. The fourth-order valence-corrected chi connectivity index (χ4v) is 2.35. The Labute approximate surface area is 99.8 Å². The van der Waals surface area contributed by atoms with Gasteiger partial charge in [-0.05, 0) is 29.5 Å². The molecule has 0 aliphatic heterocycles. The fourth-order valence-electron chi connectivity index (χ4n) is 2.35. The SMILES string of the molecule is Cc1ccc([C@@H]2[C@@H](N)C2(C)C)cc1OC(F)F. The maximum atomic E-state index is 12.2. The monoisotopic (exact) mass is 241 g/mol. The van der Waals surface area contributed by atoms with Gasteiger partial charge in [0.25, 0.3) is 0 Å². The molecule has 1 aromatic rings. The fraction of sp³-hybridized carbons (Fsp3) is 0.538. The Morgan fingerprint density at radius 3 is 2.41 bits per heavy atom. The van der Waals surface area contributed by atoms with Crippen LogP contribution in [0.5, 0.6) is 5.75 Å². The summed E-state index contributed by atoms with van der Waals surface area (Å²) in [5.41, 5.74) is 7.70. The highest BCUT2D eigenvalue weighted by Crippen LogP contribution is 2.57. The van der Waals surface area contributed by atoms with Gasteiger partial charge in [0, 0.05) is 12.0 Å². The van der Waals surface area contributed by atoms with Crippen molar-refractivity contribution in [2.45, 2.75) is 39.3 Å². The molecule has 2 N–H and O–H groups in total. The lowest BCUT2D eigenvalue weighted by atomic mass is 10.0. The summed E-state index contributed by atoms with van der Waals surface area (Å²) >= 11 is 0. The minimum absolute atomic E-state index is 0.0390. The summed E-state index contributed by atoms with van der Waals surface area (Å²) in [4.78, 5) is 0. The average Bonchev–Trinajstić information content (AvgIpc) is 2.70. The first-order valence-corrected chi connectivity index (χ1v) is 5.65. The maximum Gasteiger partial charge on any atom is 0.387 e. The van der Waals surface area contributed by atoms with Gasteiger partial charge in [-0.15, -0.1) is 0 Å². The predicted molar refractivity (Wildman–Crippen MR) is 62.3 cm³/mol. The molecule has 0 bridgehead atoms. The third-order valence-electron chi connectivity index (χ3n) is 3.70. The third kappa shape index (κ3) is 2.14. The Balaban J connectivity index is 2.26. The van der Waals surface area contributed by atoms with Crippen molar-refractivity contribution < 1.29 is 13.5 Å². The number of rotatable bonds is 3. The lowest BCUT2D eigenvalue weighted by molar-refractivity contribution is -0.0503. The zero-order valence-electron chi connectivity index (χ0n) is 10.2. The van der Waals surface area contributed by atoms with Crippen LogP contribution in [0.3, 0.4) is 0 Å². The normalized spacial score (nSPS) is 26.1. The second-order valence-electron chi connectivity index (χ2n) is 5.23. The van der Waals surface area contributed by atoms with Crippen LogP contribution in [0.25, 0.3) is 0 Å². The molecule has 2 atom stereocenters. The van der Waals surface area contributed by atoms with Crippen molar-refractivity contribution in [2.75, 3.05) is 0 Å². The van der Waals surface area contributed by atoms with Crippen LogP contribution < -0.4 is 10.5 Å². The molecule has 0 spiro atoms. The minimum Gasteiger partial charge on any atom is -0.435 e. The largest absolute Gasteiger partial charge is 0.435 e. The molecule has 0 heterocycles. The Bertz CT molecular complexity index is 431. The summed E-state index contributed by atoms with van der Waals surface area (Å²) in [6.45, 7) is 3.12. The van der Waals surface area contributed by atoms with Crippen molar-refractivity contribution in [3.05, 3.63) is 29.3 Å². The minimum atomic E-state index is -2.79. The van der Waals surface area contributed by atoms with Crippen molar-refractivity contribution in [1.29, 1.82) is 0 Å². The van der Waals surface area contributed by atoms with Crippen LogP contribution in [0.4, 0.5) is 8.78 Å². The van der Waals surface area contributed by atoms with E-state index in [1.807, 2.05) is 6.07 Å². The van der Waals surface area contributed by atoms with Gasteiger partial charge in [-0.1, -0.05) is 26.0 Å². The number of aryl methyl sites for hydroxylation is 1. The van der Waals surface area contributed by atoms with Crippen LogP contribution >= 0.6 is 0 Å². The van der Waals surface area contributed by atoms with E-state index >= 15 is 0 Å². The van der Waals surface area contributed by atoms with E-state index in [1.165, 1.54) is 0 Å². The van der Waals surface area contributed by atoms with Gasteiger partial charge >= 0.3 is 6.61 Å². The summed E-state index contributed by atoms with van der Waals surface area (Å²) in [7, 11) is 0. The molecule has 0 unspecified atom stereocenters. The molecule has 17 heavy (non-hydrogen) atoms. The van der Waals surface area contributed by atoms with Gasteiger partial charge in [0.2, 0.25) is 0 Å². The molecule has 0 saturated heterocycles. The van der Waals surface area contributed by atoms with Gasteiger partial charge in [0.15, 0.2) is 0 Å². The van der Waals surface area contributed by atoms with E-state index in [4.69, 9.17) is 5.73 Å². The molecule has 1 saturated carbocycles. The molecule has 0 amide bonds. The van der Waals surface area contributed by atoms with Crippen molar-refractivity contribution in [3.8, 4) is 5.75 Å². The van der Waals surface area contributed by atoms with Gasteiger partial charge in [0.05, 0.1) is 0 Å². The van der Waals surface area contributed by atoms with E-state index < -0.39 is 6.61 Å². The smallest absolute Gasteiger partial charge is 0.387 e. The van der Waals surface area contributed by atoms with Gasteiger partial charge < -0.3 is 10.5 Å². The molecule has 94 valence electrons. The van der Waals surface area contributed by atoms with Gasteiger partial charge in [-0.3, -0.25) is 0 Å². The van der Waals surface area contributed by atoms with Crippen LogP contribution in [0, 0.1) is 12.3 Å². The number of hydrogen-bond donors (Lipinski definition) is 1. The molecule has 1 aromatic carbocycles. The van der Waals surface area contributed by atoms with E-state index in [1.54, 1.807) is 19.1 Å². The zero-order chi connectivity index (χ0) is 12.8. The maximum absolute atomic E-state index is 12.2. The van der Waals surface area contributed by atoms with E-state index in [0.717, 1.165) is 5.56 Å². The van der Waals surface area contributed by atoms with Crippen molar-refractivity contribution in [3.63, 3.8) is 0 Å². The van der Waals surface area contributed by atoms with Crippen LogP contribution in [0.15, 0.2) is 18.2 Å². The van der Waals surface area contributed by atoms with E-state index in [-0.39, 0.29) is 23.1 Å². The lowest BCUT2D eigenvalue weighted by Crippen LogP contribution is -2.06. The van der Waals surface area contributed by atoms with Gasteiger partial charge in [0.1, 0.15) is 5.75 Å². The Kier molecular flexibility index (Phi) is 2.86. The summed E-state index contributed by atoms with van der Waals surface area (Å²) in [5, 5.41) is 0. The number of halogens is 2. The summed E-state index contributed by atoms with van der Waals surface area (Å²) in [6.07, 6.45) is 0. The second kappa shape index (κ2) is 3.95. The molecule has 2 rings (SSSR count). The second-order valence-corrected chi connectivity index (χ2v) is 5.23. The highest BCUT2D eigenvalue weighted by molar-refractivity contribution is 5.43. The first-order valence-electron chi connectivity index (χ1n) is 5.65. The average molecular weight is 241 g/mol. The van der Waals surface area contributed by atoms with Crippen LogP contribution in [0.1, 0.15) is 30.9 Å². The molecule has 2 nitrogen and oxygen atoms in total. The molecule has 4 heteroatoms. The first-order chi connectivity index (χ1) is 7.84. The molecule has 1 aliphatic rings. The molecule has 1 fully saturated rings. The molecule has 0 aromatic heterocycles. The third-order valence-corrected chi connectivity index (χ3v) is 3.70. The molecular weight excluding hydrogens is 224 g/mol.